The summed E-state index contributed by atoms with van der Waals surface area (Å²) >= 11 is 6.52. The second kappa shape index (κ2) is 6.95. The van der Waals surface area contributed by atoms with Crippen LogP contribution in [-0.2, 0) is 9.53 Å². The van der Waals surface area contributed by atoms with E-state index in [0.717, 1.165) is 15.1 Å². The third-order valence-corrected chi connectivity index (χ3v) is 6.16. The molecular weight excluding hydrogens is 362 g/mol. The summed E-state index contributed by atoms with van der Waals surface area (Å²) in [6, 6.07) is 1.39. The van der Waals surface area contributed by atoms with Crippen molar-refractivity contribution in [3.05, 3.63) is 20.3 Å². The Bertz CT molecular complexity index is 498. The largest absolute Gasteiger partial charge is 0.464 e. The summed E-state index contributed by atoms with van der Waals surface area (Å²) in [6.45, 7) is 4.65. The van der Waals surface area contributed by atoms with Gasteiger partial charge in [0.1, 0.15) is 6.04 Å². The van der Waals surface area contributed by atoms with E-state index in [4.69, 9.17) is 4.74 Å². The van der Waals surface area contributed by atoms with Gasteiger partial charge in [-0.25, -0.2) is 4.79 Å². The fourth-order valence-electron chi connectivity index (χ4n) is 1.99. The second-order valence-electron chi connectivity index (χ2n) is 4.41. The van der Waals surface area contributed by atoms with Crippen LogP contribution in [0.4, 0.5) is 0 Å². The maximum Gasteiger partial charge on any atom is 0.329 e. The molecule has 20 heavy (non-hydrogen) atoms. The first kappa shape index (κ1) is 15.9. The van der Waals surface area contributed by atoms with E-state index in [2.05, 4.69) is 15.9 Å². The smallest absolute Gasteiger partial charge is 0.329 e. The van der Waals surface area contributed by atoms with Crippen LogP contribution in [0.5, 0.6) is 0 Å². The Morgan fingerprint density at radius 3 is 2.90 bits per heavy atom. The van der Waals surface area contributed by atoms with E-state index in [1.807, 2.05) is 13.0 Å². The van der Waals surface area contributed by atoms with E-state index < -0.39 is 6.04 Å². The normalized spacial score (nSPS) is 18.9. The number of rotatable bonds is 3. The van der Waals surface area contributed by atoms with Crippen molar-refractivity contribution in [2.45, 2.75) is 19.9 Å². The van der Waals surface area contributed by atoms with Crippen LogP contribution in [0.2, 0.25) is 0 Å². The van der Waals surface area contributed by atoms with Gasteiger partial charge in [-0.2, -0.15) is 11.8 Å². The standard InChI is InChI=1S/C13H16BrNO3S2/c1-3-18-13(17)9-7-19-5-4-15(9)12(16)10-6-8(2)11(14)20-10/h6,9H,3-5,7H2,1-2H3. The molecule has 0 radical (unpaired) electrons. The number of aryl methyl sites for hydroxylation is 1. The van der Waals surface area contributed by atoms with Crippen molar-refractivity contribution in [3.8, 4) is 0 Å². The van der Waals surface area contributed by atoms with Crippen LogP contribution in [-0.4, -0.2) is 47.5 Å². The number of carbonyl (C=O) groups is 2. The lowest BCUT2D eigenvalue weighted by atomic mass is 10.2. The Labute approximate surface area is 135 Å². The number of thiophene rings is 1. The SMILES string of the molecule is CCOC(=O)C1CSCCN1C(=O)c1cc(C)c(Br)s1. The van der Waals surface area contributed by atoms with Gasteiger partial charge in [0, 0.05) is 18.1 Å². The highest BCUT2D eigenvalue weighted by Gasteiger charge is 2.34. The molecule has 2 heterocycles. The minimum Gasteiger partial charge on any atom is -0.464 e. The zero-order valence-electron chi connectivity index (χ0n) is 11.3. The zero-order valence-corrected chi connectivity index (χ0v) is 14.6. The van der Waals surface area contributed by atoms with Crippen LogP contribution in [0.15, 0.2) is 9.85 Å². The average molecular weight is 378 g/mol. The molecule has 0 aliphatic carbocycles. The first-order valence-corrected chi connectivity index (χ1v) is 9.12. The third-order valence-electron chi connectivity index (χ3n) is 3.02. The number of ether oxygens (including phenoxy) is 1. The topological polar surface area (TPSA) is 46.6 Å². The van der Waals surface area contributed by atoms with Gasteiger partial charge in [-0.05, 0) is 41.4 Å². The molecule has 1 fully saturated rings. The van der Waals surface area contributed by atoms with Crippen LogP contribution >= 0.6 is 39.0 Å². The number of carbonyl (C=O) groups excluding carboxylic acids is 2. The van der Waals surface area contributed by atoms with Crippen molar-refractivity contribution in [3.63, 3.8) is 0 Å². The zero-order chi connectivity index (χ0) is 14.7. The molecule has 0 saturated carbocycles. The predicted octanol–water partition coefficient (Wildman–Crippen LogP) is 2.94. The Morgan fingerprint density at radius 1 is 1.55 bits per heavy atom. The van der Waals surface area contributed by atoms with Crippen molar-refractivity contribution in [2.75, 3.05) is 24.7 Å². The van der Waals surface area contributed by atoms with Crippen molar-refractivity contribution < 1.29 is 14.3 Å². The van der Waals surface area contributed by atoms with E-state index >= 15 is 0 Å². The molecule has 2 rings (SSSR count). The van der Waals surface area contributed by atoms with E-state index in [9.17, 15) is 9.59 Å². The van der Waals surface area contributed by atoms with Gasteiger partial charge in [-0.15, -0.1) is 11.3 Å². The molecule has 1 aliphatic rings. The van der Waals surface area contributed by atoms with E-state index in [0.29, 0.717) is 23.8 Å². The number of hydrogen-bond donors (Lipinski definition) is 0. The Balaban J connectivity index is 2.19. The third kappa shape index (κ3) is 3.38. The molecule has 4 nitrogen and oxygen atoms in total. The average Bonchev–Trinajstić information content (AvgIpc) is 2.78. The number of thioether (sulfide) groups is 1. The van der Waals surface area contributed by atoms with Crippen molar-refractivity contribution in [1.82, 2.24) is 4.90 Å². The molecule has 1 saturated heterocycles. The highest BCUT2D eigenvalue weighted by molar-refractivity contribution is 9.11. The highest BCUT2D eigenvalue weighted by atomic mass is 79.9. The summed E-state index contributed by atoms with van der Waals surface area (Å²) < 4.78 is 6.03. The monoisotopic (exact) mass is 377 g/mol. The summed E-state index contributed by atoms with van der Waals surface area (Å²) in [7, 11) is 0. The lowest BCUT2D eigenvalue weighted by molar-refractivity contribution is -0.147. The number of hydrogen-bond acceptors (Lipinski definition) is 5. The lowest BCUT2D eigenvalue weighted by Gasteiger charge is -2.33. The first-order chi connectivity index (χ1) is 9.54. The maximum absolute atomic E-state index is 12.6. The van der Waals surface area contributed by atoms with E-state index in [1.54, 1.807) is 23.6 Å². The van der Waals surface area contributed by atoms with E-state index in [1.165, 1.54) is 11.3 Å². The second-order valence-corrected chi connectivity index (χ2v) is 7.93. The van der Waals surface area contributed by atoms with E-state index in [-0.39, 0.29) is 11.9 Å². The molecule has 0 bridgehead atoms. The number of esters is 1. The Kier molecular flexibility index (Phi) is 5.51. The Morgan fingerprint density at radius 2 is 2.30 bits per heavy atom. The molecule has 1 aromatic rings. The van der Waals surface area contributed by atoms with Gasteiger partial charge >= 0.3 is 5.97 Å². The predicted molar refractivity (Wildman–Crippen MR) is 85.5 cm³/mol. The molecule has 7 heteroatoms. The molecule has 1 unspecified atom stereocenters. The maximum atomic E-state index is 12.6. The van der Waals surface area contributed by atoms with Gasteiger partial charge in [-0.1, -0.05) is 0 Å². The Hall–Kier alpha value is -0.530. The van der Waals surface area contributed by atoms with Gasteiger partial charge in [0.15, 0.2) is 0 Å². The molecular formula is C13H16BrNO3S2. The molecule has 0 spiro atoms. The molecule has 0 N–H and O–H groups in total. The molecule has 110 valence electrons. The molecule has 1 aliphatic heterocycles. The van der Waals surface area contributed by atoms with Gasteiger partial charge < -0.3 is 9.64 Å². The first-order valence-electron chi connectivity index (χ1n) is 6.36. The summed E-state index contributed by atoms with van der Waals surface area (Å²) in [5.41, 5.74) is 1.04. The minimum absolute atomic E-state index is 0.0813. The van der Waals surface area contributed by atoms with Crippen molar-refractivity contribution >= 4 is 50.9 Å². The van der Waals surface area contributed by atoms with Crippen LogP contribution in [0.25, 0.3) is 0 Å². The van der Waals surface area contributed by atoms with Crippen molar-refractivity contribution in [2.24, 2.45) is 0 Å². The van der Waals surface area contributed by atoms with Crippen LogP contribution in [0, 0.1) is 6.92 Å². The molecule has 0 aromatic carbocycles. The molecule has 1 amide bonds. The molecule has 1 atom stereocenters. The van der Waals surface area contributed by atoms with Gasteiger partial charge in [0.25, 0.3) is 5.91 Å². The fraction of sp³-hybridized carbons (Fsp3) is 0.538. The van der Waals surface area contributed by atoms with Crippen LogP contribution in [0.1, 0.15) is 22.2 Å². The quantitative estimate of drug-likeness (QED) is 0.759. The summed E-state index contributed by atoms with van der Waals surface area (Å²) in [4.78, 5) is 26.9. The molecule has 1 aromatic heterocycles. The number of nitrogens with zero attached hydrogens (tertiary/aromatic N) is 1. The van der Waals surface area contributed by atoms with Crippen molar-refractivity contribution in [1.29, 1.82) is 0 Å². The van der Waals surface area contributed by atoms with Gasteiger partial charge in [-0.3, -0.25) is 4.79 Å². The minimum atomic E-state index is -0.470. The van der Waals surface area contributed by atoms with Crippen LogP contribution < -0.4 is 0 Å². The van der Waals surface area contributed by atoms with Gasteiger partial charge in [0.2, 0.25) is 0 Å². The highest BCUT2D eigenvalue weighted by Crippen LogP contribution is 2.30. The summed E-state index contributed by atoms with van der Waals surface area (Å²) in [6.07, 6.45) is 0. The van der Waals surface area contributed by atoms with Crippen LogP contribution in [0.3, 0.4) is 0 Å². The summed E-state index contributed by atoms with van der Waals surface area (Å²) in [5, 5.41) is 0. The van der Waals surface area contributed by atoms with Gasteiger partial charge in [0.05, 0.1) is 15.3 Å². The number of amides is 1. The number of halogens is 1. The summed E-state index contributed by atoms with van der Waals surface area (Å²) in [5.74, 6) is 1.08. The lowest BCUT2D eigenvalue weighted by Crippen LogP contribution is -2.50. The fourth-order valence-corrected chi connectivity index (χ4v) is 4.51.